The first kappa shape index (κ1) is 13.6. The first-order chi connectivity index (χ1) is 9.19. The average molecular weight is 260 g/mol. The molecule has 4 heteroatoms. The highest BCUT2D eigenvalue weighted by Gasteiger charge is 2.06. The molecular formula is C15H20N2O2. The van der Waals surface area contributed by atoms with Gasteiger partial charge in [0.1, 0.15) is 5.75 Å². The van der Waals surface area contributed by atoms with E-state index < -0.39 is 0 Å². The second-order valence-corrected chi connectivity index (χ2v) is 4.94. The van der Waals surface area contributed by atoms with Crippen molar-refractivity contribution >= 4 is 0 Å². The van der Waals surface area contributed by atoms with Crippen LogP contribution in [-0.2, 0) is 6.54 Å². The van der Waals surface area contributed by atoms with Gasteiger partial charge in [0.2, 0.25) is 0 Å². The topological polar surface area (TPSA) is 47.3 Å². The van der Waals surface area contributed by atoms with Crippen LogP contribution in [0.15, 0.2) is 34.9 Å². The lowest BCUT2D eigenvalue weighted by molar-refractivity contribution is 0.271. The largest absolute Gasteiger partial charge is 0.493 e. The minimum Gasteiger partial charge on any atom is -0.493 e. The number of nitrogens with one attached hydrogen (secondary N) is 1. The molecule has 0 radical (unpaired) electrons. The van der Waals surface area contributed by atoms with Gasteiger partial charge in [0.25, 0.3) is 0 Å². The van der Waals surface area contributed by atoms with Crippen molar-refractivity contribution in [2.75, 3.05) is 13.7 Å². The number of rotatable bonds is 6. The van der Waals surface area contributed by atoms with E-state index in [1.807, 2.05) is 37.4 Å². The first-order valence-corrected chi connectivity index (χ1v) is 6.52. The molecule has 0 aliphatic carbocycles. The zero-order valence-corrected chi connectivity index (χ0v) is 11.6. The highest BCUT2D eigenvalue weighted by molar-refractivity contribution is 5.58. The summed E-state index contributed by atoms with van der Waals surface area (Å²) in [6.07, 6.45) is 0. The van der Waals surface area contributed by atoms with Crippen LogP contribution >= 0.6 is 0 Å². The van der Waals surface area contributed by atoms with Crippen molar-refractivity contribution in [2.45, 2.75) is 20.4 Å². The summed E-state index contributed by atoms with van der Waals surface area (Å²) in [5, 5.41) is 7.04. The maximum Gasteiger partial charge on any atom is 0.167 e. The Labute approximate surface area is 113 Å². The summed E-state index contributed by atoms with van der Waals surface area (Å²) in [5.41, 5.74) is 1.91. The molecule has 1 aromatic carbocycles. The van der Waals surface area contributed by atoms with Crippen molar-refractivity contribution in [1.82, 2.24) is 10.5 Å². The molecule has 0 saturated heterocycles. The van der Waals surface area contributed by atoms with Crippen LogP contribution in [-0.4, -0.2) is 18.8 Å². The molecule has 0 fully saturated rings. The van der Waals surface area contributed by atoms with Gasteiger partial charge in [0, 0.05) is 18.2 Å². The molecule has 102 valence electrons. The maximum absolute atomic E-state index is 5.65. The van der Waals surface area contributed by atoms with Crippen molar-refractivity contribution in [1.29, 1.82) is 0 Å². The van der Waals surface area contributed by atoms with Gasteiger partial charge < -0.3 is 14.6 Å². The molecule has 0 aliphatic heterocycles. The molecule has 0 unspecified atom stereocenters. The average Bonchev–Trinajstić information content (AvgIpc) is 2.86. The predicted octanol–water partition coefficient (Wildman–Crippen LogP) is 3.10. The van der Waals surface area contributed by atoms with Gasteiger partial charge in [-0.2, -0.15) is 0 Å². The minimum absolute atomic E-state index is 0.526. The normalized spacial score (nSPS) is 10.9. The molecule has 2 aromatic rings. The van der Waals surface area contributed by atoms with Crippen molar-refractivity contribution in [3.63, 3.8) is 0 Å². The number of nitrogens with zero attached hydrogens (tertiary/aromatic N) is 1. The van der Waals surface area contributed by atoms with Gasteiger partial charge in [-0.15, -0.1) is 0 Å². The van der Waals surface area contributed by atoms with Crippen LogP contribution in [0.2, 0.25) is 0 Å². The van der Waals surface area contributed by atoms with E-state index in [1.165, 1.54) is 0 Å². The third-order valence-corrected chi connectivity index (χ3v) is 2.64. The van der Waals surface area contributed by atoms with Gasteiger partial charge in [0.05, 0.1) is 12.3 Å². The first-order valence-electron chi connectivity index (χ1n) is 6.52. The van der Waals surface area contributed by atoms with Gasteiger partial charge in [0.15, 0.2) is 5.76 Å². The fraction of sp³-hybridized carbons (Fsp3) is 0.400. The van der Waals surface area contributed by atoms with E-state index in [0.29, 0.717) is 12.5 Å². The molecule has 0 aliphatic rings. The van der Waals surface area contributed by atoms with Gasteiger partial charge in [-0.3, -0.25) is 0 Å². The zero-order valence-electron chi connectivity index (χ0n) is 11.6. The summed E-state index contributed by atoms with van der Waals surface area (Å²) < 4.78 is 11.0. The number of aromatic nitrogens is 1. The lowest BCUT2D eigenvalue weighted by atomic mass is 10.1. The quantitative estimate of drug-likeness (QED) is 0.867. The Hall–Kier alpha value is -1.81. The van der Waals surface area contributed by atoms with Gasteiger partial charge >= 0.3 is 0 Å². The molecule has 1 N–H and O–H groups in total. The van der Waals surface area contributed by atoms with E-state index in [1.54, 1.807) is 0 Å². The fourth-order valence-corrected chi connectivity index (χ4v) is 1.69. The van der Waals surface area contributed by atoms with Crippen molar-refractivity contribution < 1.29 is 9.26 Å². The van der Waals surface area contributed by atoms with Gasteiger partial charge in [-0.05, 0) is 37.2 Å². The van der Waals surface area contributed by atoms with Crippen LogP contribution in [0.1, 0.15) is 19.5 Å². The summed E-state index contributed by atoms with van der Waals surface area (Å²) in [7, 11) is 1.88. The molecule has 0 amide bonds. The van der Waals surface area contributed by atoms with Crippen molar-refractivity contribution in [2.24, 2.45) is 5.92 Å². The Kier molecular flexibility index (Phi) is 4.58. The SMILES string of the molecule is CNCc1cc(-c2ccc(OCC(C)C)cc2)on1. The molecule has 0 bridgehead atoms. The summed E-state index contributed by atoms with van der Waals surface area (Å²) in [5.74, 6) is 2.19. The lowest BCUT2D eigenvalue weighted by Gasteiger charge is -2.08. The Balaban J connectivity index is 2.04. The Morgan fingerprint density at radius 3 is 2.63 bits per heavy atom. The molecule has 0 atom stereocenters. The van der Waals surface area contributed by atoms with Crippen LogP contribution in [0.3, 0.4) is 0 Å². The highest BCUT2D eigenvalue weighted by Crippen LogP contribution is 2.23. The van der Waals surface area contributed by atoms with Crippen LogP contribution in [0, 0.1) is 5.92 Å². The van der Waals surface area contributed by atoms with E-state index in [-0.39, 0.29) is 0 Å². The van der Waals surface area contributed by atoms with E-state index in [4.69, 9.17) is 9.26 Å². The predicted molar refractivity (Wildman–Crippen MR) is 75.0 cm³/mol. The third kappa shape index (κ3) is 3.83. The molecule has 0 spiro atoms. The Bertz CT molecular complexity index is 503. The van der Waals surface area contributed by atoms with E-state index in [0.717, 1.165) is 29.4 Å². The van der Waals surface area contributed by atoms with Gasteiger partial charge in [-0.1, -0.05) is 19.0 Å². The van der Waals surface area contributed by atoms with Crippen molar-refractivity contribution in [3.8, 4) is 17.1 Å². The maximum atomic E-state index is 5.65. The number of hydrogen-bond acceptors (Lipinski definition) is 4. The summed E-state index contributed by atoms with van der Waals surface area (Å²) in [4.78, 5) is 0. The zero-order chi connectivity index (χ0) is 13.7. The number of benzene rings is 1. The molecular weight excluding hydrogens is 240 g/mol. The second kappa shape index (κ2) is 6.38. The smallest absolute Gasteiger partial charge is 0.167 e. The molecule has 2 rings (SSSR count). The highest BCUT2D eigenvalue weighted by atomic mass is 16.5. The monoisotopic (exact) mass is 260 g/mol. The van der Waals surface area contributed by atoms with Crippen LogP contribution in [0.5, 0.6) is 5.75 Å². The number of hydrogen-bond donors (Lipinski definition) is 1. The number of ether oxygens (including phenoxy) is 1. The van der Waals surface area contributed by atoms with E-state index in [2.05, 4.69) is 24.3 Å². The van der Waals surface area contributed by atoms with E-state index >= 15 is 0 Å². The lowest BCUT2D eigenvalue weighted by Crippen LogP contribution is -2.04. The van der Waals surface area contributed by atoms with Crippen LogP contribution in [0.25, 0.3) is 11.3 Å². The molecule has 19 heavy (non-hydrogen) atoms. The Morgan fingerprint density at radius 1 is 1.26 bits per heavy atom. The van der Waals surface area contributed by atoms with Crippen LogP contribution in [0.4, 0.5) is 0 Å². The molecule has 1 aromatic heterocycles. The fourth-order valence-electron chi connectivity index (χ4n) is 1.69. The van der Waals surface area contributed by atoms with Crippen LogP contribution < -0.4 is 10.1 Å². The van der Waals surface area contributed by atoms with Crippen molar-refractivity contribution in [3.05, 3.63) is 36.0 Å². The van der Waals surface area contributed by atoms with E-state index in [9.17, 15) is 0 Å². The molecule has 1 heterocycles. The van der Waals surface area contributed by atoms with Gasteiger partial charge in [-0.25, -0.2) is 0 Å². The second-order valence-electron chi connectivity index (χ2n) is 4.94. The molecule has 0 saturated carbocycles. The summed E-state index contributed by atoms with van der Waals surface area (Å²) in [6, 6.07) is 9.83. The third-order valence-electron chi connectivity index (χ3n) is 2.64. The summed E-state index contributed by atoms with van der Waals surface area (Å²) >= 11 is 0. The summed E-state index contributed by atoms with van der Waals surface area (Å²) in [6.45, 7) is 5.70. The standard InChI is InChI=1S/C15H20N2O2/c1-11(2)10-18-14-6-4-12(5-7-14)15-8-13(9-16-3)17-19-15/h4-8,11,16H,9-10H2,1-3H3. The Morgan fingerprint density at radius 2 is 2.00 bits per heavy atom. The molecule has 4 nitrogen and oxygen atoms in total. The minimum atomic E-state index is 0.526.